The van der Waals surface area contributed by atoms with Crippen LogP contribution in [-0.2, 0) is 4.79 Å². The molecule has 0 fully saturated rings. The first-order valence-corrected chi connectivity index (χ1v) is 6.25. The third kappa shape index (κ3) is 3.42. The molecule has 18 heavy (non-hydrogen) atoms. The normalized spacial score (nSPS) is 19.7. The van der Waals surface area contributed by atoms with Gasteiger partial charge >= 0.3 is 0 Å². The predicted octanol–water partition coefficient (Wildman–Crippen LogP) is 1.21. The van der Waals surface area contributed by atoms with Crippen LogP contribution in [0, 0.1) is 0 Å². The van der Waals surface area contributed by atoms with Crippen molar-refractivity contribution in [2.75, 3.05) is 25.0 Å². The highest BCUT2D eigenvalue weighted by molar-refractivity contribution is 5.92. The quantitative estimate of drug-likeness (QED) is 0.784. The van der Waals surface area contributed by atoms with Gasteiger partial charge in [-0.1, -0.05) is 30.4 Å². The molecule has 1 aromatic carbocycles. The first kappa shape index (κ1) is 12.8. The minimum absolute atomic E-state index is 0.00921. The van der Waals surface area contributed by atoms with Crippen LogP contribution in [0.3, 0.4) is 0 Å². The van der Waals surface area contributed by atoms with Gasteiger partial charge in [-0.05, 0) is 18.6 Å². The van der Waals surface area contributed by atoms with Crippen molar-refractivity contribution in [3.05, 3.63) is 42.5 Å². The van der Waals surface area contributed by atoms with E-state index in [0.29, 0.717) is 13.1 Å². The molecule has 1 heterocycles. The van der Waals surface area contributed by atoms with E-state index in [9.17, 15) is 4.79 Å². The molecule has 1 amide bonds. The standard InChI is InChI=1S/C14H19N3O/c15-10-13-8-4-5-9-17(13)11-14(18)16-12-6-2-1-3-7-12/h1-4,6-8,13H,5,9-11,15H2,(H,16,18). The minimum Gasteiger partial charge on any atom is -0.329 e. The summed E-state index contributed by atoms with van der Waals surface area (Å²) in [5.74, 6) is 0.00921. The van der Waals surface area contributed by atoms with Crippen LogP contribution < -0.4 is 11.1 Å². The first-order valence-electron chi connectivity index (χ1n) is 6.25. The van der Waals surface area contributed by atoms with Crippen molar-refractivity contribution in [3.63, 3.8) is 0 Å². The number of carbonyl (C=O) groups excluding carboxylic acids is 1. The van der Waals surface area contributed by atoms with Crippen molar-refractivity contribution in [2.45, 2.75) is 12.5 Å². The lowest BCUT2D eigenvalue weighted by molar-refractivity contribution is -0.117. The Morgan fingerprint density at radius 3 is 2.89 bits per heavy atom. The molecule has 1 aliphatic rings. The van der Waals surface area contributed by atoms with E-state index in [1.165, 1.54) is 0 Å². The smallest absolute Gasteiger partial charge is 0.238 e. The summed E-state index contributed by atoms with van der Waals surface area (Å²) in [5, 5.41) is 2.89. The summed E-state index contributed by atoms with van der Waals surface area (Å²) in [6, 6.07) is 9.68. The average molecular weight is 245 g/mol. The van der Waals surface area contributed by atoms with Gasteiger partial charge in [-0.25, -0.2) is 0 Å². The Kier molecular flexibility index (Phi) is 4.50. The molecule has 1 aliphatic heterocycles. The van der Waals surface area contributed by atoms with Crippen molar-refractivity contribution in [3.8, 4) is 0 Å². The van der Waals surface area contributed by atoms with Crippen LogP contribution in [0.1, 0.15) is 6.42 Å². The van der Waals surface area contributed by atoms with Crippen molar-refractivity contribution in [2.24, 2.45) is 5.73 Å². The molecular formula is C14H19N3O. The lowest BCUT2D eigenvalue weighted by atomic mass is 10.1. The van der Waals surface area contributed by atoms with Crippen LogP contribution in [-0.4, -0.2) is 36.5 Å². The van der Waals surface area contributed by atoms with Gasteiger partial charge in [0, 0.05) is 24.8 Å². The maximum absolute atomic E-state index is 11.9. The molecule has 3 N–H and O–H groups in total. The number of carbonyl (C=O) groups is 1. The van der Waals surface area contributed by atoms with E-state index >= 15 is 0 Å². The Hall–Kier alpha value is -1.65. The lowest BCUT2D eigenvalue weighted by Crippen LogP contribution is -2.45. The molecule has 1 unspecified atom stereocenters. The number of amides is 1. The number of nitrogens with zero attached hydrogens (tertiary/aromatic N) is 1. The van der Waals surface area contributed by atoms with Gasteiger partial charge in [0.2, 0.25) is 5.91 Å². The second-order valence-electron chi connectivity index (χ2n) is 4.40. The molecule has 4 heteroatoms. The molecule has 1 atom stereocenters. The summed E-state index contributed by atoms with van der Waals surface area (Å²) in [5.41, 5.74) is 6.53. The molecule has 2 rings (SSSR count). The maximum atomic E-state index is 11.9. The molecule has 1 aromatic rings. The first-order chi connectivity index (χ1) is 8.79. The number of anilines is 1. The fraction of sp³-hybridized carbons (Fsp3) is 0.357. The minimum atomic E-state index is 0.00921. The summed E-state index contributed by atoms with van der Waals surface area (Å²) in [6.45, 7) is 1.83. The van der Waals surface area contributed by atoms with E-state index in [1.807, 2.05) is 30.3 Å². The number of hydrogen-bond acceptors (Lipinski definition) is 3. The van der Waals surface area contributed by atoms with Gasteiger partial charge < -0.3 is 11.1 Å². The van der Waals surface area contributed by atoms with Gasteiger partial charge in [-0.3, -0.25) is 9.69 Å². The van der Waals surface area contributed by atoms with E-state index in [1.54, 1.807) is 0 Å². The molecule has 0 aromatic heterocycles. The monoisotopic (exact) mass is 245 g/mol. The largest absolute Gasteiger partial charge is 0.329 e. The maximum Gasteiger partial charge on any atom is 0.238 e. The fourth-order valence-corrected chi connectivity index (χ4v) is 2.11. The van der Waals surface area contributed by atoms with Crippen molar-refractivity contribution in [1.82, 2.24) is 4.90 Å². The number of hydrogen-bond donors (Lipinski definition) is 2. The average Bonchev–Trinajstić information content (AvgIpc) is 2.40. The van der Waals surface area contributed by atoms with E-state index < -0.39 is 0 Å². The van der Waals surface area contributed by atoms with Crippen LogP contribution in [0.25, 0.3) is 0 Å². The molecule has 0 saturated heterocycles. The molecule has 0 saturated carbocycles. The van der Waals surface area contributed by atoms with Gasteiger partial charge in [0.05, 0.1) is 6.54 Å². The number of para-hydroxylation sites is 1. The second kappa shape index (κ2) is 6.33. The number of rotatable bonds is 4. The van der Waals surface area contributed by atoms with Crippen LogP contribution in [0.4, 0.5) is 5.69 Å². The number of benzene rings is 1. The lowest BCUT2D eigenvalue weighted by Gasteiger charge is -2.30. The fourth-order valence-electron chi connectivity index (χ4n) is 2.11. The van der Waals surface area contributed by atoms with E-state index in [0.717, 1.165) is 18.7 Å². The van der Waals surface area contributed by atoms with Gasteiger partial charge in [-0.2, -0.15) is 0 Å². The zero-order valence-corrected chi connectivity index (χ0v) is 10.4. The zero-order chi connectivity index (χ0) is 12.8. The Balaban J connectivity index is 1.89. The van der Waals surface area contributed by atoms with E-state index in [4.69, 9.17) is 5.73 Å². The Morgan fingerprint density at radius 2 is 2.17 bits per heavy atom. The SMILES string of the molecule is NCC1C=CCCN1CC(=O)Nc1ccccc1. The van der Waals surface area contributed by atoms with Crippen LogP contribution in [0.5, 0.6) is 0 Å². The summed E-state index contributed by atoms with van der Waals surface area (Å²) >= 11 is 0. The second-order valence-corrected chi connectivity index (χ2v) is 4.40. The zero-order valence-electron chi connectivity index (χ0n) is 10.4. The molecule has 0 spiro atoms. The third-order valence-corrected chi connectivity index (χ3v) is 3.06. The van der Waals surface area contributed by atoms with Gasteiger partial charge in [0.25, 0.3) is 0 Å². The van der Waals surface area contributed by atoms with Crippen molar-refractivity contribution in [1.29, 1.82) is 0 Å². The molecular weight excluding hydrogens is 226 g/mol. The summed E-state index contributed by atoms with van der Waals surface area (Å²) < 4.78 is 0. The van der Waals surface area contributed by atoms with E-state index in [2.05, 4.69) is 22.4 Å². The highest BCUT2D eigenvalue weighted by atomic mass is 16.2. The highest BCUT2D eigenvalue weighted by Crippen LogP contribution is 2.10. The Morgan fingerprint density at radius 1 is 1.39 bits per heavy atom. The van der Waals surface area contributed by atoms with Crippen molar-refractivity contribution >= 4 is 11.6 Å². The van der Waals surface area contributed by atoms with Crippen LogP contribution in [0.15, 0.2) is 42.5 Å². The predicted molar refractivity (Wildman–Crippen MR) is 73.2 cm³/mol. The van der Waals surface area contributed by atoms with Gasteiger partial charge in [0.1, 0.15) is 0 Å². The summed E-state index contributed by atoms with van der Waals surface area (Å²) in [4.78, 5) is 14.0. The van der Waals surface area contributed by atoms with E-state index in [-0.39, 0.29) is 11.9 Å². The third-order valence-electron chi connectivity index (χ3n) is 3.06. The Bertz CT molecular complexity index is 416. The molecule has 0 bridgehead atoms. The number of nitrogens with two attached hydrogens (primary N) is 1. The molecule has 4 nitrogen and oxygen atoms in total. The Labute approximate surface area is 107 Å². The highest BCUT2D eigenvalue weighted by Gasteiger charge is 2.19. The van der Waals surface area contributed by atoms with Gasteiger partial charge in [0.15, 0.2) is 0 Å². The number of nitrogens with one attached hydrogen (secondary N) is 1. The van der Waals surface area contributed by atoms with Gasteiger partial charge in [-0.15, -0.1) is 0 Å². The summed E-state index contributed by atoms with van der Waals surface area (Å²) in [7, 11) is 0. The van der Waals surface area contributed by atoms with Crippen LogP contribution in [0.2, 0.25) is 0 Å². The van der Waals surface area contributed by atoms with Crippen molar-refractivity contribution < 1.29 is 4.79 Å². The molecule has 0 aliphatic carbocycles. The topological polar surface area (TPSA) is 58.4 Å². The molecule has 96 valence electrons. The van der Waals surface area contributed by atoms with Crippen LogP contribution >= 0.6 is 0 Å². The molecule has 0 radical (unpaired) electrons. The summed E-state index contributed by atoms with van der Waals surface area (Å²) in [6.07, 6.45) is 5.19.